The molecule has 196 valence electrons. The minimum atomic E-state index is -4.92. The Bertz CT molecular complexity index is 1250. The predicted octanol–water partition coefficient (Wildman–Crippen LogP) is 5.40. The highest BCUT2D eigenvalue weighted by Gasteiger charge is 2.42. The first kappa shape index (κ1) is 26.0. The van der Waals surface area contributed by atoms with E-state index in [1.54, 1.807) is 43.9 Å². The number of nitrogens with one attached hydrogen (secondary N) is 1. The van der Waals surface area contributed by atoms with Gasteiger partial charge < -0.3 is 24.1 Å². The van der Waals surface area contributed by atoms with E-state index in [9.17, 15) is 22.8 Å². The molecule has 12 heteroatoms. The van der Waals surface area contributed by atoms with Gasteiger partial charge in [0.1, 0.15) is 11.7 Å². The zero-order valence-corrected chi connectivity index (χ0v) is 20.3. The van der Waals surface area contributed by atoms with Gasteiger partial charge in [0, 0.05) is 24.6 Å². The van der Waals surface area contributed by atoms with Crippen LogP contribution in [0, 0.1) is 0 Å². The van der Waals surface area contributed by atoms with Crippen molar-refractivity contribution in [1.29, 1.82) is 0 Å². The van der Waals surface area contributed by atoms with Crippen molar-refractivity contribution in [2.45, 2.75) is 45.1 Å². The van der Waals surface area contributed by atoms with E-state index >= 15 is 0 Å². The number of ether oxygens (including phenoxy) is 2. The van der Waals surface area contributed by atoms with Gasteiger partial charge in [0.05, 0.1) is 18.4 Å². The van der Waals surface area contributed by atoms with E-state index in [1.165, 1.54) is 30.5 Å². The van der Waals surface area contributed by atoms with Crippen LogP contribution in [0.2, 0.25) is 0 Å². The molecule has 1 aliphatic heterocycles. The summed E-state index contributed by atoms with van der Waals surface area (Å²) in [5.74, 6) is -2.68. The molecular formula is C25H25F3N4O5. The van der Waals surface area contributed by atoms with Crippen molar-refractivity contribution < 1.29 is 36.7 Å². The van der Waals surface area contributed by atoms with Crippen LogP contribution in [0.5, 0.6) is 5.88 Å². The number of amides is 2. The normalized spacial score (nSPS) is 15.9. The Morgan fingerprint density at radius 1 is 1.11 bits per heavy atom. The molecule has 1 aromatic carbocycles. The van der Waals surface area contributed by atoms with Crippen LogP contribution in [0.4, 0.5) is 23.7 Å². The Morgan fingerprint density at radius 3 is 2.46 bits per heavy atom. The zero-order chi connectivity index (χ0) is 26.8. The lowest BCUT2D eigenvalue weighted by Crippen LogP contribution is -2.36. The van der Waals surface area contributed by atoms with Gasteiger partial charge in [-0.3, -0.25) is 4.79 Å². The molecular weight excluding hydrogens is 493 g/mol. The highest BCUT2D eigenvalue weighted by molar-refractivity contribution is 6.03. The molecule has 2 aromatic heterocycles. The van der Waals surface area contributed by atoms with E-state index < -0.39 is 35.2 Å². The molecule has 0 radical (unpaired) electrons. The summed E-state index contributed by atoms with van der Waals surface area (Å²) in [6.07, 6.45) is -3.82. The highest BCUT2D eigenvalue weighted by atomic mass is 19.4. The topological polar surface area (TPSA) is 107 Å². The first-order valence-corrected chi connectivity index (χ1v) is 11.4. The monoisotopic (exact) mass is 518 g/mol. The number of benzene rings is 1. The summed E-state index contributed by atoms with van der Waals surface area (Å²) < 4.78 is 56.6. The fourth-order valence-corrected chi connectivity index (χ4v) is 3.57. The fourth-order valence-electron chi connectivity index (χ4n) is 3.57. The Kier molecular flexibility index (Phi) is 7.10. The SMILES string of the molecule is CC(C)(C)OC(=O)N1CC[C@H](Oc2ccc(NC(=O)c3nc(-c4ccccc4)oc3C(F)(F)F)cn2)C1. The van der Waals surface area contributed by atoms with Crippen molar-refractivity contribution in [3.05, 3.63) is 60.1 Å². The minimum absolute atomic E-state index is 0.136. The van der Waals surface area contributed by atoms with Crippen molar-refractivity contribution in [3.63, 3.8) is 0 Å². The maximum absolute atomic E-state index is 13.5. The van der Waals surface area contributed by atoms with E-state index in [4.69, 9.17) is 13.9 Å². The lowest BCUT2D eigenvalue weighted by atomic mass is 10.2. The van der Waals surface area contributed by atoms with Gasteiger partial charge in [0.15, 0.2) is 5.69 Å². The van der Waals surface area contributed by atoms with Crippen LogP contribution in [0.3, 0.4) is 0 Å². The standard InChI is InChI=1S/C25H25F3N4O5/c1-24(2,3)37-23(34)32-12-11-17(14-32)35-18-10-9-16(13-29-18)30-21(33)19-20(25(26,27)28)36-22(31-19)15-7-5-4-6-8-15/h4-10,13,17H,11-12,14H2,1-3H3,(H,30,33)/t17-/m0/s1. The summed E-state index contributed by atoms with van der Waals surface area (Å²) in [4.78, 5) is 34.3. The van der Waals surface area contributed by atoms with Crippen LogP contribution in [0.1, 0.15) is 43.4 Å². The molecule has 1 aliphatic rings. The Labute approximate surface area is 210 Å². The molecule has 1 saturated heterocycles. The van der Waals surface area contributed by atoms with Gasteiger partial charge in [0.25, 0.3) is 5.91 Å². The molecule has 9 nitrogen and oxygen atoms in total. The fraction of sp³-hybridized carbons (Fsp3) is 0.360. The number of nitrogens with zero attached hydrogens (tertiary/aromatic N) is 3. The molecule has 1 atom stereocenters. The lowest BCUT2D eigenvalue weighted by Gasteiger charge is -2.24. The number of hydrogen-bond donors (Lipinski definition) is 1. The number of aromatic nitrogens is 2. The van der Waals surface area contributed by atoms with Gasteiger partial charge in [-0.2, -0.15) is 13.2 Å². The first-order valence-electron chi connectivity index (χ1n) is 11.4. The highest BCUT2D eigenvalue weighted by Crippen LogP contribution is 2.35. The average Bonchev–Trinajstić information content (AvgIpc) is 3.48. The number of alkyl halides is 3. The van der Waals surface area contributed by atoms with Crippen molar-refractivity contribution in [2.24, 2.45) is 0 Å². The van der Waals surface area contributed by atoms with E-state index in [1.807, 2.05) is 0 Å². The Morgan fingerprint density at radius 2 is 1.84 bits per heavy atom. The van der Waals surface area contributed by atoms with Crippen LogP contribution >= 0.6 is 0 Å². The molecule has 0 bridgehead atoms. The number of carbonyl (C=O) groups is 2. The number of hydrogen-bond acceptors (Lipinski definition) is 7. The smallest absolute Gasteiger partial charge is 0.452 e. The van der Waals surface area contributed by atoms with Crippen molar-refractivity contribution in [3.8, 4) is 17.3 Å². The Hall–Kier alpha value is -4.09. The summed E-state index contributed by atoms with van der Waals surface area (Å²) in [6.45, 7) is 6.15. The third-order valence-corrected chi connectivity index (χ3v) is 5.20. The second-order valence-electron chi connectivity index (χ2n) is 9.35. The summed E-state index contributed by atoms with van der Waals surface area (Å²) in [7, 11) is 0. The second-order valence-corrected chi connectivity index (χ2v) is 9.35. The first-order chi connectivity index (χ1) is 17.4. The number of oxazole rings is 1. The number of halogens is 3. The van der Waals surface area contributed by atoms with Crippen LogP contribution < -0.4 is 10.1 Å². The lowest BCUT2D eigenvalue weighted by molar-refractivity contribution is -0.153. The summed E-state index contributed by atoms with van der Waals surface area (Å²) in [6, 6.07) is 10.9. The number of carbonyl (C=O) groups excluding carboxylic acids is 2. The molecule has 0 unspecified atom stereocenters. The summed E-state index contributed by atoms with van der Waals surface area (Å²) in [5, 5.41) is 2.35. The molecule has 0 spiro atoms. The van der Waals surface area contributed by atoms with Crippen molar-refractivity contribution in [1.82, 2.24) is 14.9 Å². The van der Waals surface area contributed by atoms with Crippen molar-refractivity contribution in [2.75, 3.05) is 18.4 Å². The zero-order valence-electron chi connectivity index (χ0n) is 20.3. The Balaban J connectivity index is 1.40. The van der Waals surface area contributed by atoms with Crippen LogP contribution in [-0.4, -0.2) is 51.7 Å². The van der Waals surface area contributed by atoms with Gasteiger partial charge in [-0.15, -0.1) is 0 Å². The molecule has 0 saturated carbocycles. The molecule has 4 rings (SSSR count). The van der Waals surface area contributed by atoms with Gasteiger partial charge in [-0.1, -0.05) is 18.2 Å². The maximum atomic E-state index is 13.5. The van der Waals surface area contributed by atoms with Gasteiger partial charge in [-0.25, -0.2) is 14.8 Å². The van der Waals surface area contributed by atoms with E-state index in [2.05, 4.69) is 15.3 Å². The van der Waals surface area contributed by atoms with Crippen LogP contribution in [0.25, 0.3) is 11.5 Å². The van der Waals surface area contributed by atoms with Crippen LogP contribution in [-0.2, 0) is 10.9 Å². The number of anilines is 1. The van der Waals surface area contributed by atoms with Crippen LogP contribution in [0.15, 0.2) is 53.1 Å². The van der Waals surface area contributed by atoms with Crippen molar-refractivity contribution >= 4 is 17.7 Å². The number of likely N-dealkylation sites (tertiary alicyclic amines) is 1. The molecule has 3 heterocycles. The molecule has 1 fully saturated rings. The van der Waals surface area contributed by atoms with Gasteiger partial charge in [-0.05, 0) is 39.0 Å². The molecule has 1 N–H and O–H groups in total. The van der Waals surface area contributed by atoms with Gasteiger partial charge >= 0.3 is 12.3 Å². The van der Waals surface area contributed by atoms with E-state index in [0.717, 1.165) is 0 Å². The maximum Gasteiger partial charge on any atom is 0.452 e. The third kappa shape index (κ3) is 6.57. The summed E-state index contributed by atoms with van der Waals surface area (Å²) >= 11 is 0. The minimum Gasteiger partial charge on any atom is -0.472 e. The molecule has 37 heavy (non-hydrogen) atoms. The second kappa shape index (κ2) is 10.1. The molecule has 0 aliphatic carbocycles. The summed E-state index contributed by atoms with van der Waals surface area (Å²) in [5.41, 5.74) is -1.06. The average molecular weight is 518 g/mol. The third-order valence-electron chi connectivity index (χ3n) is 5.20. The largest absolute Gasteiger partial charge is 0.472 e. The van der Waals surface area contributed by atoms with E-state index in [0.29, 0.717) is 25.1 Å². The predicted molar refractivity (Wildman–Crippen MR) is 126 cm³/mol. The number of rotatable bonds is 5. The molecule has 2 amide bonds. The molecule has 3 aromatic rings. The van der Waals surface area contributed by atoms with Gasteiger partial charge in [0.2, 0.25) is 17.5 Å². The quantitative estimate of drug-likeness (QED) is 0.482. The number of pyridine rings is 1. The van der Waals surface area contributed by atoms with E-state index in [-0.39, 0.29) is 23.6 Å².